The van der Waals surface area contributed by atoms with Gasteiger partial charge in [0.15, 0.2) is 5.82 Å². The molecule has 0 amide bonds. The standard InChI is InChI=1S/C14H20N6O/c15-4-3-12-19-13(18-8-11(6-16)7-17)5-14(20-12)21-9-10-1-2-10/h3-7,10,16H,1-2,8-9,15,17H2,(H,18,19,20)/b4-3?,11-7+,16-6?. The maximum atomic E-state index is 7.20. The Morgan fingerprint density at radius 2 is 2.24 bits per heavy atom. The van der Waals surface area contributed by atoms with Crippen molar-refractivity contribution in [2.45, 2.75) is 12.8 Å². The van der Waals surface area contributed by atoms with Crippen molar-refractivity contribution in [1.29, 1.82) is 5.41 Å². The van der Waals surface area contributed by atoms with Gasteiger partial charge in [-0.15, -0.1) is 0 Å². The highest BCUT2D eigenvalue weighted by Gasteiger charge is 2.22. The molecule has 1 fully saturated rings. The number of aromatic nitrogens is 2. The predicted octanol–water partition coefficient (Wildman–Crippen LogP) is 1.10. The van der Waals surface area contributed by atoms with Crippen molar-refractivity contribution >= 4 is 18.1 Å². The lowest BCUT2D eigenvalue weighted by Crippen LogP contribution is -2.10. The van der Waals surface area contributed by atoms with Crippen molar-refractivity contribution in [1.82, 2.24) is 9.97 Å². The van der Waals surface area contributed by atoms with Gasteiger partial charge < -0.3 is 26.9 Å². The number of hydrogen-bond donors (Lipinski definition) is 4. The van der Waals surface area contributed by atoms with Crippen molar-refractivity contribution in [3.05, 3.63) is 29.9 Å². The number of anilines is 1. The Hall–Kier alpha value is -2.57. The molecule has 0 aromatic carbocycles. The molecule has 0 atom stereocenters. The second-order valence-corrected chi connectivity index (χ2v) is 4.80. The zero-order chi connectivity index (χ0) is 15.1. The monoisotopic (exact) mass is 288 g/mol. The molecule has 1 aromatic heterocycles. The van der Waals surface area contributed by atoms with E-state index in [-0.39, 0.29) is 0 Å². The summed E-state index contributed by atoms with van der Waals surface area (Å²) in [5.41, 5.74) is 11.4. The van der Waals surface area contributed by atoms with Gasteiger partial charge >= 0.3 is 0 Å². The summed E-state index contributed by atoms with van der Waals surface area (Å²) in [5.74, 6) is 2.24. The molecule has 0 saturated heterocycles. The van der Waals surface area contributed by atoms with Crippen LogP contribution in [-0.2, 0) is 0 Å². The van der Waals surface area contributed by atoms with Crippen molar-refractivity contribution in [2.75, 3.05) is 18.5 Å². The average Bonchev–Trinajstić information content (AvgIpc) is 3.31. The second-order valence-electron chi connectivity index (χ2n) is 4.80. The summed E-state index contributed by atoms with van der Waals surface area (Å²) >= 11 is 0. The summed E-state index contributed by atoms with van der Waals surface area (Å²) in [4.78, 5) is 8.56. The molecule has 7 heteroatoms. The predicted molar refractivity (Wildman–Crippen MR) is 83.0 cm³/mol. The first-order valence-electron chi connectivity index (χ1n) is 6.80. The van der Waals surface area contributed by atoms with Crippen LogP contribution in [0.25, 0.3) is 6.08 Å². The molecule has 1 saturated carbocycles. The molecule has 7 nitrogen and oxygen atoms in total. The Kier molecular flexibility index (Phi) is 5.14. The van der Waals surface area contributed by atoms with Crippen LogP contribution in [0.5, 0.6) is 5.88 Å². The van der Waals surface area contributed by atoms with Crippen LogP contribution in [-0.4, -0.2) is 29.3 Å². The minimum Gasteiger partial charge on any atom is -0.477 e. The summed E-state index contributed by atoms with van der Waals surface area (Å²) in [7, 11) is 0. The van der Waals surface area contributed by atoms with Gasteiger partial charge in [-0.3, -0.25) is 0 Å². The van der Waals surface area contributed by atoms with Gasteiger partial charge in [0.25, 0.3) is 0 Å². The molecule has 0 unspecified atom stereocenters. The van der Waals surface area contributed by atoms with E-state index in [0.29, 0.717) is 42.2 Å². The number of hydrogen-bond acceptors (Lipinski definition) is 7. The van der Waals surface area contributed by atoms with Crippen LogP contribution < -0.4 is 21.5 Å². The molecule has 112 valence electrons. The Balaban J connectivity index is 2.07. The van der Waals surface area contributed by atoms with E-state index in [1.54, 1.807) is 12.1 Å². The molecule has 1 aromatic rings. The van der Waals surface area contributed by atoms with E-state index in [0.717, 1.165) is 0 Å². The minimum absolute atomic E-state index is 0.408. The maximum Gasteiger partial charge on any atom is 0.219 e. The Labute approximate surface area is 123 Å². The first-order valence-corrected chi connectivity index (χ1v) is 6.80. The van der Waals surface area contributed by atoms with E-state index >= 15 is 0 Å². The summed E-state index contributed by atoms with van der Waals surface area (Å²) in [6.45, 7) is 1.08. The van der Waals surface area contributed by atoms with Crippen molar-refractivity contribution in [3.8, 4) is 5.88 Å². The SMILES string of the molecule is N=C/C(=C\N)CNc1cc(OCC2CC2)nc(C=CN)n1. The average molecular weight is 288 g/mol. The van der Waals surface area contributed by atoms with Crippen molar-refractivity contribution in [3.63, 3.8) is 0 Å². The van der Waals surface area contributed by atoms with Gasteiger partial charge in [-0.2, -0.15) is 4.98 Å². The summed E-state index contributed by atoms with van der Waals surface area (Å²) in [6, 6.07) is 1.73. The Morgan fingerprint density at radius 1 is 1.43 bits per heavy atom. The third-order valence-electron chi connectivity index (χ3n) is 3.00. The van der Waals surface area contributed by atoms with Crippen molar-refractivity contribution < 1.29 is 4.74 Å². The highest BCUT2D eigenvalue weighted by molar-refractivity contribution is 5.76. The topological polar surface area (TPSA) is 123 Å². The van der Waals surface area contributed by atoms with Gasteiger partial charge in [0, 0.05) is 30.6 Å². The highest BCUT2D eigenvalue weighted by atomic mass is 16.5. The lowest BCUT2D eigenvalue weighted by molar-refractivity contribution is 0.288. The summed E-state index contributed by atoms with van der Waals surface area (Å²) < 4.78 is 5.67. The fourth-order valence-corrected chi connectivity index (χ4v) is 1.61. The molecular weight excluding hydrogens is 268 g/mol. The lowest BCUT2D eigenvalue weighted by Gasteiger charge is -2.09. The minimum atomic E-state index is 0.408. The molecule has 2 rings (SSSR count). The smallest absolute Gasteiger partial charge is 0.219 e. The van der Waals surface area contributed by atoms with Crippen LogP contribution in [0.3, 0.4) is 0 Å². The zero-order valence-electron chi connectivity index (χ0n) is 11.7. The molecule has 0 spiro atoms. The van der Waals surface area contributed by atoms with Gasteiger partial charge in [-0.25, -0.2) is 4.98 Å². The third kappa shape index (κ3) is 4.79. The van der Waals surface area contributed by atoms with E-state index in [1.807, 2.05) is 0 Å². The quantitative estimate of drug-likeness (QED) is 0.531. The van der Waals surface area contributed by atoms with E-state index in [4.69, 9.17) is 21.6 Å². The third-order valence-corrected chi connectivity index (χ3v) is 3.00. The molecule has 0 radical (unpaired) electrons. The van der Waals surface area contributed by atoms with E-state index in [9.17, 15) is 0 Å². The van der Waals surface area contributed by atoms with Crippen molar-refractivity contribution in [2.24, 2.45) is 17.4 Å². The van der Waals surface area contributed by atoms with Crippen LogP contribution in [0.1, 0.15) is 18.7 Å². The Morgan fingerprint density at radius 3 is 2.86 bits per heavy atom. The lowest BCUT2D eigenvalue weighted by atomic mass is 10.3. The van der Waals surface area contributed by atoms with Gasteiger partial charge in [0.05, 0.1) is 6.61 Å². The van der Waals surface area contributed by atoms with E-state index in [1.165, 1.54) is 31.5 Å². The fraction of sp³-hybridized carbons (Fsp3) is 0.357. The van der Waals surface area contributed by atoms with E-state index in [2.05, 4.69) is 15.3 Å². The molecule has 21 heavy (non-hydrogen) atoms. The molecule has 1 aliphatic rings. The number of nitrogens with zero attached hydrogens (tertiary/aromatic N) is 2. The number of ether oxygens (including phenoxy) is 1. The highest BCUT2D eigenvalue weighted by Crippen LogP contribution is 2.29. The van der Waals surface area contributed by atoms with Gasteiger partial charge in [0.2, 0.25) is 5.88 Å². The van der Waals surface area contributed by atoms with Gasteiger partial charge in [-0.05, 0) is 31.0 Å². The number of nitrogens with one attached hydrogen (secondary N) is 2. The fourth-order valence-electron chi connectivity index (χ4n) is 1.61. The molecule has 0 bridgehead atoms. The molecule has 1 heterocycles. The van der Waals surface area contributed by atoms with Crippen LogP contribution in [0.2, 0.25) is 0 Å². The number of nitrogens with two attached hydrogens (primary N) is 2. The van der Waals surface area contributed by atoms with Crippen LogP contribution in [0.4, 0.5) is 5.82 Å². The summed E-state index contributed by atoms with van der Waals surface area (Å²) in [5, 5.41) is 10.3. The summed E-state index contributed by atoms with van der Waals surface area (Å²) in [6.07, 6.45) is 8.00. The first-order chi connectivity index (χ1) is 10.2. The molecule has 6 N–H and O–H groups in total. The number of rotatable bonds is 8. The van der Waals surface area contributed by atoms with Crippen LogP contribution in [0.15, 0.2) is 24.0 Å². The first kappa shape index (κ1) is 14.8. The second kappa shape index (κ2) is 7.28. The van der Waals surface area contributed by atoms with Crippen LogP contribution in [0, 0.1) is 11.3 Å². The molecule has 1 aliphatic carbocycles. The largest absolute Gasteiger partial charge is 0.477 e. The van der Waals surface area contributed by atoms with Gasteiger partial charge in [-0.1, -0.05) is 0 Å². The molecule has 0 aliphatic heterocycles. The normalized spacial score (nSPS) is 15.1. The van der Waals surface area contributed by atoms with E-state index < -0.39 is 0 Å². The Bertz CT molecular complexity index is 550. The maximum absolute atomic E-state index is 7.20. The molecular formula is C14H20N6O. The zero-order valence-corrected chi connectivity index (χ0v) is 11.7. The van der Waals surface area contributed by atoms with Gasteiger partial charge in [0.1, 0.15) is 5.82 Å². The van der Waals surface area contributed by atoms with Crippen LogP contribution >= 0.6 is 0 Å².